The molecule has 124 valence electrons. The molecule has 0 radical (unpaired) electrons. The summed E-state index contributed by atoms with van der Waals surface area (Å²) in [4.78, 5) is 12.4. The minimum absolute atomic E-state index is 0.00413. The summed E-state index contributed by atoms with van der Waals surface area (Å²) in [5, 5.41) is 10.3. The summed E-state index contributed by atoms with van der Waals surface area (Å²) in [7, 11) is 0. The van der Waals surface area contributed by atoms with E-state index in [0.717, 1.165) is 37.5 Å². The lowest BCUT2D eigenvalue weighted by atomic mass is 9.44. The third-order valence-electron chi connectivity index (χ3n) is 8.87. The Morgan fingerprint density at radius 2 is 1.73 bits per heavy atom. The summed E-state index contributed by atoms with van der Waals surface area (Å²) < 4.78 is 0. The molecule has 0 aromatic carbocycles. The standard InChI is InChI=1S/C20H32O2/c1-12-14-5-4-13-15-6-7-18(22)20(15,3)10-8-16(13)19(14,2)11-9-17(12)21/h12-17,21H,4-11H2,1-3H3/t12-,13+,14+,15+,16+,17-,19+,20+/m1/s1. The summed E-state index contributed by atoms with van der Waals surface area (Å²) in [5.41, 5.74) is 0.415. The summed E-state index contributed by atoms with van der Waals surface area (Å²) in [6.45, 7) is 7.07. The normalized spacial score (nSPS) is 57.9. The van der Waals surface area contributed by atoms with Gasteiger partial charge in [-0.05, 0) is 80.0 Å². The van der Waals surface area contributed by atoms with Crippen molar-refractivity contribution >= 4 is 5.78 Å². The van der Waals surface area contributed by atoms with Crippen molar-refractivity contribution < 1.29 is 9.90 Å². The number of Topliss-reactive ketones (excluding diaryl/α,β-unsaturated/α-hetero) is 1. The van der Waals surface area contributed by atoms with Gasteiger partial charge in [0.1, 0.15) is 5.78 Å². The summed E-state index contributed by atoms with van der Waals surface area (Å²) in [5.74, 6) is 3.92. The fourth-order valence-electron chi connectivity index (χ4n) is 7.48. The molecular formula is C20H32O2. The van der Waals surface area contributed by atoms with E-state index in [1.807, 2.05) is 0 Å². The lowest BCUT2D eigenvalue weighted by Crippen LogP contribution is -2.56. The number of carbonyl (C=O) groups excluding carboxylic acids is 1. The molecule has 0 aromatic rings. The van der Waals surface area contributed by atoms with Crippen molar-refractivity contribution in [1.29, 1.82) is 0 Å². The number of ketones is 1. The molecule has 22 heavy (non-hydrogen) atoms. The van der Waals surface area contributed by atoms with E-state index in [4.69, 9.17) is 0 Å². The fourth-order valence-corrected chi connectivity index (χ4v) is 7.48. The van der Waals surface area contributed by atoms with Crippen LogP contribution in [0.3, 0.4) is 0 Å². The molecule has 8 atom stereocenters. The topological polar surface area (TPSA) is 37.3 Å². The highest BCUT2D eigenvalue weighted by molar-refractivity contribution is 5.87. The van der Waals surface area contributed by atoms with Crippen LogP contribution in [0.4, 0.5) is 0 Å². The highest BCUT2D eigenvalue weighted by atomic mass is 16.3. The average Bonchev–Trinajstić information content (AvgIpc) is 2.79. The Hall–Kier alpha value is -0.370. The number of fused-ring (bicyclic) bond motifs is 5. The molecule has 4 aliphatic carbocycles. The van der Waals surface area contributed by atoms with Crippen LogP contribution in [0.1, 0.15) is 72.1 Å². The number of carbonyl (C=O) groups is 1. The van der Waals surface area contributed by atoms with Crippen LogP contribution in [-0.4, -0.2) is 17.0 Å². The molecule has 0 aliphatic heterocycles. The first-order valence-corrected chi connectivity index (χ1v) is 9.59. The number of hydrogen-bond acceptors (Lipinski definition) is 2. The van der Waals surface area contributed by atoms with E-state index >= 15 is 0 Å². The number of aliphatic hydroxyl groups excluding tert-OH is 1. The Kier molecular flexibility index (Phi) is 3.32. The van der Waals surface area contributed by atoms with Crippen LogP contribution in [0.2, 0.25) is 0 Å². The van der Waals surface area contributed by atoms with Gasteiger partial charge in [0.05, 0.1) is 6.10 Å². The molecule has 4 saturated carbocycles. The van der Waals surface area contributed by atoms with Gasteiger partial charge in [-0.2, -0.15) is 0 Å². The first kappa shape index (κ1) is 15.2. The quantitative estimate of drug-likeness (QED) is 0.728. The Labute approximate surface area is 135 Å². The average molecular weight is 304 g/mol. The van der Waals surface area contributed by atoms with E-state index in [0.29, 0.717) is 29.0 Å². The second kappa shape index (κ2) is 4.82. The molecule has 4 aliphatic rings. The van der Waals surface area contributed by atoms with Crippen LogP contribution >= 0.6 is 0 Å². The van der Waals surface area contributed by atoms with Crippen molar-refractivity contribution in [3.8, 4) is 0 Å². The van der Waals surface area contributed by atoms with Crippen molar-refractivity contribution in [2.45, 2.75) is 78.2 Å². The van der Waals surface area contributed by atoms with Gasteiger partial charge < -0.3 is 5.11 Å². The molecule has 4 rings (SSSR count). The van der Waals surface area contributed by atoms with E-state index in [1.165, 1.54) is 25.7 Å². The second-order valence-corrected chi connectivity index (χ2v) is 9.45. The van der Waals surface area contributed by atoms with Crippen LogP contribution < -0.4 is 0 Å². The van der Waals surface area contributed by atoms with Crippen LogP contribution in [0.15, 0.2) is 0 Å². The minimum Gasteiger partial charge on any atom is -0.393 e. The van der Waals surface area contributed by atoms with Gasteiger partial charge in [-0.15, -0.1) is 0 Å². The molecule has 4 fully saturated rings. The van der Waals surface area contributed by atoms with Gasteiger partial charge in [-0.3, -0.25) is 4.79 Å². The molecule has 0 amide bonds. The molecule has 1 N–H and O–H groups in total. The second-order valence-electron chi connectivity index (χ2n) is 9.45. The molecule has 0 aromatic heterocycles. The van der Waals surface area contributed by atoms with Gasteiger partial charge in [0.2, 0.25) is 0 Å². The van der Waals surface area contributed by atoms with Crippen molar-refractivity contribution in [2.75, 3.05) is 0 Å². The highest BCUT2D eigenvalue weighted by Gasteiger charge is 2.61. The maximum Gasteiger partial charge on any atom is 0.139 e. The Morgan fingerprint density at radius 1 is 0.955 bits per heavy atom. The van der Waals surface area contributed by atoms with E-state index in [9.17, 15) is 9.90 Å². The van der Waals surface area contributed by atoms with Crippen molar-refractivity contribution in [2.24, 2.45) is 40.4 Å². The Bertz CT molecular complexity index is 486. The minimum atomic E-state index is -0.0865. The Morgan fingerprint density at radius 3 is 2.50 bits per heavy atom. The predicted molar refractivity (Wildman–Crippen MR) is 87.3 cm³/mol. The van der Waals surface area contributed by atoms with Gasteiger partial charge >= 0.3 is 0 Å². The molecule has 0 heterocycles. The zero-order valence-corrected chi connectivity index (χ0v) is 14.5. The lowest BCUT2D eigenvalue weighted by molar-refractivity contribution is -0.152. The zero-order valence-electron chi connectivity index (χ0n) is 14.5. The first-order valence-electron chi connectivity index (χ1n) is 9.59. The largest absolute Gasteiger partial charge is 0.393 e. The molecule has 0 unspecified atom stereocenters. The summed E-state index contributed by atoms with van der Waals surface area (Å²) >= 11 is 0. The summed E-state index contributed by atoms with van der Waals surface area (Å²) in [6.07, 6.45) is 9.02. The monoisotopic (exact) mass is 304 g/mol. The van der Waals surface area contributed by atoms with Crippen LogP contribution in [0, 0.1) is 40.4 Å². The third kappa shape index (κ3) is 1.79. The van der Waals surface area contributed by atoms with E-state index < -0.39 is 0 Å². The van der Waals surface area contributed by atoms with Gasteiger partial charge in [-0.25, -0.2) is 0 Å². The van der Waals surface area contributed by atoms with Gasteiger partial charge in [-0.1, -0.05) is 20.8 Å². The highest BCUT2D eigenvalue weighted by Crippen LogP contribution is 2.66. The van der Waals surface area contributed by atoms with Crippen molar-refractivity contribution in [3.05, 3.63) is 0 Å². The van der Waals surface area contributed by atoms with E-state index in [-0.39, 0.29) is 11.5 Å². The Balaban J connectivity index is 1.65. The zero-order chi connectivity index (χ0) is 15.7. The predicted octanol–water partition coefficient (Wildman–Crippen LogP) is 4.21. The van der Waals surface area contributed by atoms with Crippen LogP contribution in [-0.2, 0) is 4.79 Å². The molecule has 2 nitrogen and oxygen atoms in total. The van der Waals surface area contributed by atoms with Crippen molar-refractivity contribution in [3.63, 3.8) is 0 Å². The van der Waals surface area contributed by atoms with E-state index in [2.05, 4.69) is 20.8 Å². The molecule has 0 bridgehead atoms. The van der Waals surface area contributed by atoms with E-state index in [1.54, 1.807) is 0 Å². The lowest BCUT2D eigenvalue weighted by Gasteiger charge is -2.61. The summed E-state index contributed by atoms with van der Waals surface area (Å²) in [6, 6.07) is 0. The van der Waals surface area contributed by atoms with Crippen LogP contribution in [0.25, 0.3) is 0 Å². The SMILES string of the molecule is C[C@H]1[C@H](O)CC[C@@]2(C)[C@H]1CC[C@@H]1[C@@H]2CC[C@]2(C)C(=O)CC[C@@H]12. The van der Waals surface area contributed by atoms with Gasteiger partial charge in [0, 0.05) is 11.8 Å². The molecule has 0 saturated heterocycles. The number of rotatable bonds is 0. The maximum absolute atomic E-state index is 12.4. The van der Waals surface area contributed by atoms with Gasteiger partial charge in [0.25, 0.3) is 0 Å². The van der Waals surface area contributed by atoms with Gasteiger partial charge in [0.15, 0.2) is 0 Å². The first-order chi connectivity index (χ1) is 10.4. The number of aliphatic hydroxyl groups is 1. The number of hydrogen-bond donors (Lipinski definition) is 1. The molecular weight excluding hydrogens is 272 g/mol. The maximum atomic E-state index is 12.4. The fraction of sp³-hybridized carbons (Fsp3) is 0.950. The molecule has 0 spiro atoms. The smallest absolute Gasteiger partial charge is 0.139 e. The third-order valence-corrected chi connectivity index (χ3v) is 8.87. The van der Waals surface area contributed by atoms with Crippen molar-refractivity contribution in [1.82, 2.24) is 0 Å². The molecule has 2 heteroatoms. The van der Waals surface area contributed by atoms with Crippen LogP contribution in [0.5, 0.6) is 0 Å².